The Hall–Kier alpha value is -0.930. The quantitative estimate of drug-likeness (QED) is 0.877. The van der Waals surface area contributed by atoms with Crippen molar-refractivity contribution >= 4 is 0 Å². The molecule has 0 amide bonds. The number of hydrogen-bond donors (Lipinski definition) is 1. The molecule has 1 aromatic carbocycles. The fourth-order valence-electron chi connectivity index (χ4n) is 2.77. The van der Waals surface area contributed by atoms with Gasteiger partial charge in [0.15, 0.2) is 0 Å². The Morgan fingerprint density at radius 2 is 1.84 bits per heavy atom. The molecular formula is C16H25FN2. The van der Waals surface area contributed by atoms with Gasteiger partial charge in [-0.3, -0.25) is 4.90 Å². The predicted molar refractivity (Wildman–Crippen MR) is 77.7 cm³/mol. The molecule has 2 nitrogen and oxygen atoms in total. The Labute approximate surface area is 116 Å². The molecule has 1 saturated heterocycles. The number of piperidine rings is 1. The van der Waals surface area contributed by atoms with Crippen LogP contribution >= 0.6 is 0 Å². The zero-order chi connectivity index (χ0) is 13.7. The molecule has 2 unspecified atom stereocenters. The SMILES string of the molecule is CC(NCC(C)N1CCCCC1)c1ccccc1F. The maximum atomic E-state index is 13.7. The van der Waals surface area contributed by atoms with Crippen molar-refractivity contribution in [1.82, 2.24) is 10.2 Å². The van der Waals surface area contributed by atoms with Crippen LogP contribution in [0.15, 0.2) is 24.3 Å². The number of halogens is 1. The first-order valence-electron chi connectivity index (χ1n) is 7.40. The van der Waals surface area contributed by atoms with Crippen LogP contribution in [0.4, 0.5) is 4.39 Å². The molecule has 0 aliphatic carbocycles. The average molecular weight is 264 g/mol. The minimum Gasteiger partial charge on any atom is -0.309 e. The fourth-order valence-corrected chi connectivity index (χ4v) is 2.77. The molecule has 0 aromatic heterocycles. The van der Waals surface area contributed by atoms with Crippen LogP contribution in [0.3, 0.4) is 0 Å². The third kappa shape index (κ3) is 4.02. The maximum absolute atomic E-state index is 13.7. The summed E-state index contributed by atoms with van der Waals surface area (Å²) in [5, 5.41) is 3.46. The summed E-state index contributed by atoms with van der Waals surface area (Å²) in [5.74, 6) is -0.117. The van der Waals surface area contributed by atoms with Gasteiger partial charge in [-0.25, -0.2) is 4.39 Å². The van der Waals surface area contributed by atoms with Crippen molar-refractivity contribution in [2.45, 2.75) is 45.2 Å². The molecule has 2 rings (SSSR count). The molecule has 0 bridgehead atoms. The smallest absolute Gasteiger partial charge is 0.127 e. The van der Waals surface area contributed by atoms with E-state index in [4.69, 9.17) is 0 Å². The van der Waals surface area contributed by atoms with Gasteiger partial charge in [-0.05, 0) is 45.8 Å². The van der Waals surface area contributed by atoms with Crippen molar-refractivity contribution in [3.05, 3.63) is 35.6 Å². The summed E-state index contributed by atoms with van der Waals surface area (Å²) >= 11 is 0. The van der Waals surface area contributed by atoms with Gasteiger partial charge in [0.25, 0.3) is 0 Å². The molecule has 3 heteroatoms. The molecule has 19 heavy (non-hydrogen) atoms. The van der Waals surface area contributed by atoms with Gasteiger partial charge >= 0.3 is 0 Å². The van der Waals surface area contributed by atoms with Gasteiger partial charge in [0.05, 0.1) is 0 Å². The van der Waals surface area contributed by atoms with Gasteiger partial charge in [0.2, 0.25) is 0 Å². The molecule has 1 fully saturated rings. The fraction of sp³-hybridized carbons (Fsp3) is 0.625. The lowest BCUT2D eigenvalue weighted by Gasteiger charge is -2.33. The molecule has 2 atom stereocenters. The van der Waals surface area contributed by atoms with Crippen LogP contribution in [0.5, 0.6) is 0 Å². The van der Waals surface area contributed by atoms with Crippen molar-refractivity contribution < 1.29 is 4.39 Å². The van der Waals surface area contributed by atoms with Crippen LogP contribution in [-0.4, -0.2) is 30.6 Å². The lowest BCUT2D eigenvalue weighted by Crippen LogP contribution is -2.43. The van der Waals surface area contributed by atoms with Gasteiger partial charge in [-0.2, -0.15) is 0 Å². The highest BCUT2D eigenvalue weighted by Crippen LogP contribution is 2.17. The summed E-state index contributed by atoms with van der Waals surface area (Å²) in [7, 11) is 0. The van der Waals surface area contributed by atoms with E-state index in [0.717, 1.165) is 12.1 Å². The molecule has 1 aliphatic rings. The largest absolute Gasteiger partial charge is 0.309 e. The first-order chi connectivity index (χ1) is 9.18. The van der Waals surface area contributed by atoms with Gasteiger partial charge < -0.3 is 5.32 Å². The van der Waals surface area contributed by atoms with Crippen LogP contribution in [0.2, 0.25) is 0 Å². The summed E-state index contributed by atoms with van der Waals surface area (Å²) in [6, 6.07) is 7.61. The van der Waals surface area contributed by atoms with Crippen molar-refractivity contribution in [2.75, 3.05) is 19.6 Å². The molecule has 1 N–H and O–H groups in total. The number of nitrogens with one attached hydrogen (secondary N) is 1. The Morgan fingerprint density at radius 1 is 1.16 bits per heavy atom. The Bertz CT molecular complexity index is 388. The highest BCUT2D eigenvalue weighted by Gasteiger charge is 2.17. The lowest BCUT2D eigenvalue weighted by atomic mass is 10.1. The summed E-state index contributed by atoms with van der Waals surface area (Å²) < 4.78 is 13.7. The van der Waals surface area contributed by atoms with E-state index in [1.54, 1.807) is 6.07 Å². The monoisotopic (exact) mass is 264 g/mol. The molecule has 1 aromatic rings. The number of hydrogen-bond acceptors (Lipinski definition) is 2. The average Bonchev–Trinajstić information content (AvgIpc) is 2.46. The van der Waals surface area contributed by atoms with Crippen LogP contribution in [0, 0.1) is 5.82 Å². The normalized spacial score (nSPS) is 20.2. The third-order valence-electron chi connectivity index (χ3n) is 4.11. The summed E-state index contributed by atoms with van der Waals surface area (Å²) in [5.41, 5.74) is 0.758. The van der Waals surface area contributed by atoms with Gasteiger partial charge in [0, 0.05) is 24.2 Å². The van der Waals surface area contributed by atoms with Crippen LogP contribution in [-0.2, 0) is 0 Å². The number of rotatable bonds is 5. The topological polar surface area (TPSA) is 15.3 Å². The van der Waals surface area contributed by atoms with E-state index in [2.05, 4.69) is 17.1 Å². The van der Waals surface area contributed by atoms with Crippen molar-refractivity contribution in [3.8, 4) is 0 Å². The first kappa shape index (κ1) is 14.5. The molecule has 106 valence electrons. The molecule has 0 spiro atoms. The van der Waals surface area contributed by atoms with Crippen LogP contribution in [0.25, 0.3) is 0 Å². The van der Waals surface area contributed by atoms with Gasteiger partial charge in [0.1, 0.15) is 5.82 Å². The minimum absolute atomic E-state index is 0.0634. The van der Waals surface area contributed by atoms with E-state index in [0.29, 0.717) is 6.04 Å². The van der Waals surface area contributed by atoms with Gasteiger partial charge in [-0.1, -0.05) is 24.6 Å². The standard InChI is InChI=1S/C16H25FN2/c1-13(19-10-6-3-7-11-19)12-18-14(2)15-8-4-5-9-16(15)17/h4-5,8-9,13-14,18H,3,6-7,10-12H2,1-2H3. The Kier molecular flexibility index (Phi) is 5.34. The van der Waals surface area contributed by atoms with E-state index in [1.807, 2.05) is 19.1 Å². The molecule has 1 heterocycles. The molecule has 0 radical (unpaired) electrons. The van der Waals surface area contributed by atoms with E-state index in [9.17, 15) is 4.39 Å². The Balaban J connectivity index is 1.82. The molecular weight excluding hydrogens is 239 g/mol. The number of nitrogens with zero attached hydrogens (tertiary/aromatic N) is 1. The highest BCUT2D eigenvalue weighted by molar-refractivity contribution is 5.20. The number of benzene rings is 1. The number of likely N-dealkylation sites (tertiary alicyclic amines) is 1. The molecule has 1 aliphatic heterocycles. The highest BCUT2D eigenvalue weighted by atomic mass is 19.1. The van der Waals surface area contributed by atoms with Crippen molar-refractivity contribution in [1.29, 1.82) is 0 Å². The van der Waals surface area contributed by atoms with Crippen molar-refractivity contribution in [3.63, 3.8) is 0 Å². The predicted octanol–water partition coefficient (Wildman–Crippen LogP) is 3.35. The van der Waals surface area contributed by atoms with Crippen LogP contribution in [0.1, 0.15) is 44.7 Å². The third-order valence-corrected chi connectivity index (χ3v) is 4.11. The zero-order valence-corrected chi connectivity index (χ0v) is 12.0. The minimum atomic E-state index is -0.117. The maximum Gasteiger partial charge on any atom is 0.127 e. The molecule has 0 saturated carbocycles. The van der Waals surface area contributed by atoms with E-state index in [1.165, 1.54) is 38.4 Å². The van der Waals surface area contributed by atoms with E-state index >= 15 is 0 Å². The van der Waals surface area contributed by atoms with E-state index < -0.39 is 0 Å². The van der Waals surface area contributed by atoms with E-state index in [-0.39, 0.29) is 11.9 Å². The Morgan fingerprint density at radius 3 is 2.53 bits per heavy atom. The summed E-state index contributed by atoms with van der Waals surface area (Å²) in [4.78, 5) is 2.53. The summed E-state index contributed by atoms with van der Waals surface area (Å²) in [6.45, 7) is 7.61. The van der Waals surface area contributed by atoms with Crippen molar-refractivity contribution in [2.24, 2.45) is 0 Å². The zero-order valence-electron chi connectivity index (χ0n) is 12.0. The lowest BCUT2D eigenvalue weighted by molar-refractivity contribution is 0.168. The second kappa shape index (κ2) is 7.01. The summed E-state index contributed by atoms with van der Waals surface area (Å²) in [6.07, 6.45) is 3.99. The van der Waals surface area contributed by atoms with Crippen LogP contribution < -0.4 is 5.32 Å². The second-order valence-electron chi connectivity index (χ2n) is 5.60. The second-order valence-corrected chi connectivity index (χ2v) is 5.60. The first-order valence-corrected chi connectivity index (χ1v) is 7.40. The van der Waals surface area contributed by atoms with Gasteiger partial charge in [-0.15, -0.1) is 0 Å².